The van der Waals surface area contributed by atoms with E-state index in [0.717, 1.165) is 17.6 Å². The Balaban J connectivity index is 0.804. The first-order chi connectivity index (χ1) is 41.8. The van der Waals surface area contributed by atoms with Crippen LogP contribution < -0.4 is 43.2 Å². The van der Waals surface area contributed by atoms with Crippen LogP contribution in [0.1, 0.15) is 112 Å². The number of ether oxygens (including phenoxy) is 2. The Morgan fingerprint density at radius 3 is 1.50 bits per heavy atom. The summed E-state index contributed by atoms with van der Waals surface area (Å²) in [5.74, 6) is -4.00. The van der Waals surface area contributed by atoms with Crippen molar-refractivity contribution in [2.75, 3.05) is 35.2 Å². The maximum absolute atomic E-state index is 13.9. The Labute approximate surface area is 501 Å². The number of carbonyl (C=O) groups is 5. The number of anilines is 4. The third-order valence-corrected chi connectivity index (χ3v) is 16.9. The van der Waals surface area contributed by atoms with Crippen LogP contribution in [0.15, 0.2) is 107 Å². The number of aromatic nitrogens is 8. The Morgan fingerprint density at radius 2 is 1.05 bits per heavy atom. The fraction of sp³-hybridized carbons (Fsp3) is 0.224. The van der Waals surface area contributed by atoms with E-state index in [1.807, 2.05) is 42.0 Å². The van der Waals surface area contributed by atoms with Crippen LogP contribution in [0, 0.1) is 13.8 Å². The number of imidazole rings is 2. The van der Waals surface area contributed by atoms with Crippen molar-refractivity contribution in [1.29, 1.82) is 0 Å². The molecule has 0 radical (unpaired) electrons. The van der Waals surface area contributed by atoms with E-state index in [0.29, 0.717) is 95.6 Å². The van der Waals surface area contributed by atoms with Crippen molar-refractivity contribution in [3.05, 3.63) is 159 Å². The van der Waals surface area contributed by atoms with Crippen LogP contribution in [0.5, 0.6) is 11.5 Å². The highest BCUT2D eigenvalue weighted by molar-refractivity contribution is 7.86. The third-order valence-electron chi connectivity index (χ3n) is 15.0. The normalized spacial score (nSPS) is 13.2. The number of nitrogens with two attached hydrogens (primary N) is 3. The lowest BCUT2D eigenvalue weighted by Crippen LogP contribution is -2.35. The van der Waals surface area contributed by atoms with E-state index in [1.165, 1.54) is 30.3 Å². The average Bonchev–Trinajstić information content (AvgIpc) is 1.36. The fourth-order valence-electron chi connectivity index (χ4n) is 11.1. The molecule has 30 heteroatoms. The third kappa shape index (κ3) is 10.6. The van der Waals surface area contributed by atoms with Crippen LogP contribution >= 0.6 is 0 Å². The van der Waals surface area contributed by atoms with Crippen LogP contribution in [0.3, 0.4) is 0 Å². The van der Waals surface area contributed by atoms with Gasteiger partial charge in [0, 0.05) is 72.8 Å². The number of benzene rings is 5. The van der Waals surface area contributed by atoms with Gasteiger partial charge in [-0.05, 0) is 125 Å². The van der Waals surface area contributed by atoms with Gasteiger partial charge in [0.25, 0.3) is 43.9 Å². The maximum Gasteiger partial charge on any atom is 0.340 e. The van der Waals surface area contributed by atoms with Gasteiger partial charge in [-0.1, -0.05) is 18.7 Å². The van der Waals surface area contributed by atoms with Gasteiger partial charge < -0.3 is 46.4 Å². The topological polar surface area (TPSA) is 410 Å². The second kappa shape index (κ2) is 22.4. The van der Waals surface area contributed by atoms with Gasteiger partial charge in [0.1, 0.15) is 11.4 Å². The van der Waals surface area contributed by atoms with Crippen molar-refractivity contribution in [2.24, 2.45) is 5.73 Å². The molecule has 454 valence electrons. The van der Waals surface area contributed by atoms with E-state index in [2.05, 4.69) is 38.0 Å². The molecule has 0 unspecified atom stereocenters. The number of nitrogens with one attached hydrogen (secondary N) is 4. The second-order valence-electron chi connectivity index (χ2n) is 20.8. The van der Waals surface area contributed by atoms with Gasteiger partial charge in [0.15, 0.2) is 26.9 Å². The molecule has 9 aromatic rings. The minimum Gasteiger partial charge on any atom is -0.453 e. The summed E-state index contributed by atoms with van der Waals surface area (Å²) in [5, 5.41) is 20.2. The summed E-state index contributed by atoms with van der Waals surface area (Å²) in [6, 6.07) is 22.3. The summed E-state index contributed by atoms with van der Waals surface area (Å²) in [4.78, 5) is 76.5. The molecule has 0 saturated heterocycles. The second-order valence-corrected chi connectivity index (χ2v) is 23.5. The summed E-state index contributed by atoms with van der Waals surface area (Å²) < 4.78 is 90.3. The molecule has 12 N–H and O–H groups in total. The van der Waals surface area contributed by atoms with E-state index in [9.17, 15) is 49.9 Å². The molecule has 0 fully saturated rings. The highest BCUT2D eigenvalue weighted by Crippen LogP contribution is 2.60. The molecule has 1 spiro atoms. The quantitative estimate of drug-likeness (QED) is 0.0202. The predicted molar refractivity (Wildman–Crippen MR) is 321 cm³/mol. The molecule has 4 amide bonds. The number of nitrogens with zero attached hydrogens (tertiary/aromatic N) is 8. The van der Waals surface area contributed by atoms with Crippen LogP contribution in [0.25, 0.3) is 27.8 Å². The summed E-state index contributed by atoms with van der Waals surface area (Å²) in [7, 11) is -10.4. The monoisotopic (exact) mass is 1240 g/mol. The number of hydrogen-bond acceptors (Lipinski definition) is 18. The Bertz CT molecular complexity index is 4630. The van der Waals surface area contributed by atoms with Gasteiger partial charge >= 0.3 is 5.97 Å². The number of aryl methyl sites for hydroxylation is 6. The highest BCUT2D eigenvalue weighted by Gasteiger charge is 2.56. The minimum absolute atomic E-state index is 0.0151. The molecule has 11 rings (SSSR count). The summed E-state index contributed by atoms with van der Waals surface area (Å²) in [5.41, 5.74) is 19.7. The molecular weight excluding hydrogens is 1180 g/mol. The van der Waals surface area contributed by atoms with Gasteiger partial charge in [-0.25, -0.2) is 14.8 Å². The number of esters is 1. The van der Waals surface area contributed by atoms with Crippen molar-refractivity contribution < 1.29 is 59.4 Å². The molecule has 2 aliphatic rings. The standard InChI is InChI=1S/C58H57N15O13S2/c1-6-72-45(24-29(3)68-72)53(76)66-56-64-41-27-32(31(5)59)11-18-43(41)70(56)22-8-9-23-71-44-19-12-34(28-42(44)65-57(71)67-54(77)46-25-30(4)69-73(46)7-2)52(75)63-21-20-62-51(74)33-10-13-36-35(26-33)55(78)86-58(36)37-14-16-39(60)49(87(79,80)81)47(37)85-48-38(58)15-17-40(61)50(48)88(82,83)84/h10-19,24-28H,5-9,20-23,59-61H2,1-4H3,(H,62,74)(H,63,75)(H,64,66,76)(H,65,67,77)(H,79,80,81)(H,82,83,84). The Morgan fingerprint density at radius 1 is 0.614 bits per heavy atom. The predicted octanol–water partition coefficient (Wildman–Crippen LogP) is 5.74. The Kier molecular flexibility index (Phi) is 15.1. The lowest BCUT2D eigenvalue weighted by Gasteiger charge is -2.37. The van der Waals surface area contributed by atoms with Crippen molar-refractivity contribution in [3.8, 4) is 11.5 Å². The first-order valence-electron chi connectivity index (χ1n) is 27.4. The smallest absolute Gasteiger partial charge is 0.340 e. The fourth-order valence-corrected chi connectivity index (χ4v) is 12.6. The molecule has 0 aliphatic carbocycles. The molecule has 28 nitrogen and oxygen atoms in total. The molecule has 2 aliphatic heterocycles. The van der Waals surface area contributed by atoms with E-state index in [1.54, 1.807) is 52.7 Å². The molecule has 0 atom stereocenters. The molecular formula is C58H57N15O13S2. The van der Waals surface area contributed by atoms with Gasteiger partial charge in [-0.3, -0.25) is 48.3 Å². The summed E-state index contributed by atoms with van der Waals surface area (Å²) >= 11 is 0. The number of amides is 4. The molecule has 0 bridgehead atoms. The largest absolute Gasteiger partial charge is 0.453 e. The Hall–Kier alpha value is -10.4. The molecule has 6 heterocycles. The van der Waals surface area contributed by atoms with E-state index in [4.69, 9.17) is 36.6 Å². The average molecular weight is 1240 g/mol. The zero-order chi connectivity index (χ0) is 62.9. The van der Waals surface area contributed by atoms with Crippen LogP contribution in [-0.2, 0) is 56.8 Å². The molecule has 5 aromatic carbocycles. The number of unbranched alkanes of at least 4 members (excludes halogenated alkanes) is 1. The van der Waals surface area contributed by atoms with Gasteiger partial charge in [-0.2, -0.15) is 27.0 Å². The summed E-state index contributed by atoms with van der Waals surface area (Å²) in [6.07, 6.45) is 1.11. The molecule has 88 heavy (non-hydrogen) atoms. The van der Waals surface area contributed by atoms with Crippen molar-refractivity contribution >= 4 is 101 Å². The lowest BCUT2D eigenvalue weighted by atomic mass is 9.77. The van der Waals surface area contributed by atoms with Crippen LogP contribution in [0.4, 0.5) is 23.3 Å². The SMILES string of the molecule is C=C(N)c1ccc2c(c1)nc(NC(=O)c1cc(C)nn1CC)n2CCCCn1c(NC(=O)c2cc(C)nn2CC)nc2cc(C(=O)NCCNC(=O)c3ccc4c(c3)C(=O)OC43c4ccc(N)c(S(=O)(=O)O)c4Oc4c3ccc(N)c4S(=O)(=O)O)ccc21. The lowest BCUT2D eigenvalue weighted by molar-refractivity contribution is 0.0220. The van der Waals surface area contributed by atoms with Crippen LogP contribution in [0.2, 0.25) is 0 Å². The number of hydrogen-bond donors (Lipinski definition) is 9. The van der Waals surface area contributed by atoms with Gasteiger partial charge in [-0.15, -0.1) is 0 Å². The first-order valence-corrected chi connectivity index (χ1v) is 30.3. The molecule has 4 aromatic heterocycles. The zero-order valence-corrected chi connectivity index (χ0v) is 49.2. The van der Waals surface area contributed by atoms with Crippen molar-refractivity contribution in [1.82, 2.24) is 49.3 Å². The minimum atomic E-state index is -5.22. The van der Waals surface area contributed by atoms with E-state index >= 15 is 0 Å². The highest BCUT2D eigenvalue weighted by atomic mass is 32.2. The van der Waals surface area contributed by atoms with Crippen molar-refractivity contribution in [2.45, 2.75) is 82.1 Å². The van der Waals surface area contributed by atoms with Crippen LogP contribution in [-0.4, -0.2) is 107 Å². The van der Waals surface area contributed by atoms with Gasteiger partial charge in [0.05, 0.1) is 50.4 Å². The number of fused-ring (bicyclic) bond motifs is 8. The van der Waals surface area contributed by atoms with E-state index < -0.39 is 82.2 Å². The van der Waals surface area contributed by atoms with Gasteiger partial charge in [0.2, 0.25) is 11.9 Å². The summed E-state index contributed by atoms with van der Waals surface area (Å²) in [6.45, 7) is 12.7. The number of carbonyl (C=O) groups excluding carboxylic acids is 5. The van der Waals surface area contributed by atoms with Crippen molar-refractivity contribution in [3.63, 3.8) is 0 Å². The molecule has 0 saturated carbocycles. The van der Waals surface area contributed by atoms with E-state index in [-0.39, 0.29) is 58.3 Å². The number of nitrogen functional groups attached to an aromatic ring is 2. The zero-order valence-electron chi connectivity index (χ0n) is 47.5. The number of rotatable bonds is 19. The maximum atomic E-state index is 13.9. The first kappa shape index (κ1) is 59.3.